The Kier molecular flexibility index (Phi) is 5.22. The zero-order valence-corrected chi connectivity index (χ0v) is 15.1. The van der Waals surface area contributed by atoms with Crippen molar-refractivity contribution in [2.45, 2.75) is 25.8 Å². The second-order valence-corrected chi connectivity index (χ2v) is 7.50. The number of ether oxygens (including phenoxy) is 1. The standard InChI is InChI=1S/C18H22N2O4S/c1-3-16(21)19-7-4-12(5-8-19)17(22)20-9-6-13-10-14(18(23)24-2)25-15(13)11-20/h3,10,12H,1,4-9,11H2,2H3. The maximum atomic E-state index is 12.8. The number of methoxy groups -OCH3 is 1. The fraction of sp³-hybridized carbons (Fsp3) is 0.500. The van der Waals surface area contributed by atoms with Gasteiger partial charge in [-0.05, 0) is 37.0 Å². The molecule has 0 bridgehead atoms. The van der Waals surface area contributed by atoms with Gasteiger partial charge in [0.2, 0.25) is 11.8 Å². The van der Waals surface area contributed by atoms with Gasteiger partial charge in [-0.3, -0.25) is 9.59 Å². The first-order chi connectivity index (χ1) is 12.0. The highest BCUT2D eigenvalue weighted by molar-refractivity contribution is 7.14. The quantitative estimate of drug-likeness (QED) is 0.608. The molecule has 0 spiro atoms. The Morgan fingerprint density at radius 2 is 1.96 bits per heavy atom. The molecule has 6 nitrogen and oxygen atoms in total. The lowest BCUT2D eigenvalue weighted by molar-refractivity contribution is -0.140. The van der Waals surface area contributed by atoms with Crippen molar-refractivity contribution >= 4 is 29.1 Å². The largest absolute Gasteiger partial charge is 0.465 e. The minimum Gasteiger partial charge on any atom is -0.465 e. The second kappa shape index (κ2) is 7.39. The summed E-state index contributed by atoms with van der Waals surface area (Å²) in [6, 6.07) is 1.88. The summed E-state index contributed by atoms with van der Waals surface area (Å²) in [5, 5.41) is 0. The van der Waals surface area contributed by atoms with Crippen LogP contribution in [0.2, 0.25) is 0 Å². The summed E-state index contributed by atoms with van der Waals surface area (Å²) in [6.07, 6.45) is 3.48. The lowest BCUT2D eigenvalue weighted by Crippen LogP contribution is -2.45. The number of carbonyl (C=O) groups excluding carboxylic acids is 3. The van der Waals surface area contributed by atoms with Crippen molar-refractivity contribution in [2.75, 3.05) is 26.7 Å². The molecule has 2 aliphatic heterocycles. The van der Waals surface area contributed by atoms with Gasteiger partial charge in [-0.1, -0.05) is 6.58 Å². The molecule has 25 heavy (non-hydrogen) atoms. The number of nitrogens with zero attached hydrogens (tertiary/aromatic N) is 2. The van der Waals surface area contributed by atoms with Crippen LogP contribution in [0.25, 0.3) is 0 Å². The smallest absolute Gasteiger partial charge is 0.348 e. The summed E-state index contributed by atoms with van der Waals surface area (Å²) in [5.74, 6) is -0.265. The van der Waals surface area contributed by atoms with Crippen LogP contribution in [-0.2, 0) is 27.3 Å². The number of amides is 2. The van der Waals surface area contributed by atoms with Crippen LogP contribution in [0.3, 0.4) is 0 Å². The van der Waals surface area contributed by atoms with Gasteiger partial charge in [0.15, 0.2) is 0 Å². The van der Waals surface area contributed by atoms with Crippen molar-refractivity contribution < 1.29 is 19.1 Å². The number of hydrogen-bond donors (Lipinski definition) is 0. The van der Waals surface area contributed by atoms with Gasteiger partial charge in [-0.25, -0.2) is 4.79 Å². The fourth-order valence-electron chi connectivity index (χ4n) is 3.44. The maximum Gasteiger partial charge on any atom is 0.348 e. The number of hydrogen-bond acceptors (Lipinski definition) is 5. The van der Waals surface area contributed by atoms with E-state index in [-0.39, 0.29) is 23.7 Å². The van der Waals surface area contributed by atoms with Crippen LogP contribution in [0.1, 0.15) is 33.0 Å². The zero-order valence-electron chi connectivity index (χ0n) is 14.3. The van der Waals surface area contributed by atoms with Crippen molar-refractivity contribution in [1.82, 2.24) is 9.80 Å². The molecular formula is C18H22N2O4S. The first kappa shape index (κ1) is 17.7. The average Bonchev–Trinajstić information content (AvgIpc) is 3.09. The van der Waals surface area contributed by atoms with Gasteiger partial charge in [0.1, 0.15) is 4.88 Å². The first-order valence-corrected chi connectivity index (χ1v) is 9.25. The van der Waals surface area contributed by atoms with Crippen molar-refractivity contribution in [3.05, 3.63) is 34.0 Å². The van der Waals surface area contributed by atoms with E-state index in [0.717, 1.165) is 16.9 Å². The molecule has 0 aliphatic carbocycles. The van der Waals surface area contributed by atoms with E-state index in [4.69, 9.17) is 4.74 Å². The van der Waals surface area contributed by atoms with Crippen LogP contribution in [0, 0.1) is 5.92 Å². The number of likely N-dealkylation sites (tertiary alicyclic amines) is 1. The van der Waals surface area contributed by atoms with Crippen molar-refractivity contribution in [2.24, 2.45) is 5.92 Å². The Hall–Kier alpha value is -2.15. The highest BCUT2D eigenvalue weighted by Gasteiger charge is 2.32. The molecule has 1 fully saturated rings. The van der Waals surface area contributed by atoms with E-state index in [9.17, 15) is 14.4 Å². The predicted molar refractivity (Wildman–Crippen MR) is 94.3 cm³/mol. The highest BCUT2D eigenvalue weighted by atomic mass is 32.1. The van der Waals surface area contributed by atoms with E-state index in [1.54, 1.807) is 4.90 Å². The number of carbonyl (C=O) groups is 3. The maximum absolute atomic E-state index is 12.8. The van der Waals surface area contributed by atoms with Crippen molar-refractivity contribution in [1.29, 1.82) is 0 Å². The Bertz CT molecular complexity index is 704. The Labute approximate surface area is 151 Å². The van der Waals surface area contributed by atoms with Gasteiger partial charge < -0.3 is 14.5 Å². The van der Waals surface area contributed by atoms with Crippen LogP contribution in [-0.4, -0.2) is 54.3 Å². The van der Waals surface area contributed by atoms with E-state index in [1.165, 1.54) is 24.5 Å². The van der Waals surface area contributed by atoms with E-state index >= 15 is 0 Å². The third-order valence-electron chi connectivity index (χ3n) is 4.91. The van der Waals surface area contributed by atoms with Gasteiger partial charge >= 0.3 is 5.97 Å². The third kappa shape index (κ3) is 3.61. The molecule has 7 heteroatoms. The first-order valence-electron chi connectivity index (χ1n) is 8.43. The van der Waals surface area contributed by atoms with Crippen LogP contribution in [0.5, 0.6) is 0 Å². The van der Waals surface area contributed by atoms with Crippen LogP contribution in [0.15, 0.2) is 18.7 Å². The SMILES string of the molecule is C=CC(=O)N1CCC(C(=O)N2CCc3cc(C(=O)OC)sc3C2)CC1. The summed E-state index contributed by atoms with van der Waals surface area (Å²) >= 11 is 1.41. The minimum absolute atomic E-state index is 0.0320. The van der Waals surface area contributed by atoms with E-state index in [2.05, 4.69) is 6.58 Å². The minimum atomic E-state index is -0.323. The van der Waals surface area contributed by atoms with Crippen molar-refractivity contribution in [3.8, 4) is 0 Å². The molecule has 2 aliphatic rings. The molecule has 0 atom stereocenters. The van der Waals surface area contributed by atoms with Crippen LogP contribution >= 0.6 is 11.3 Å². The van der Waals surface area contributed by atoms with Gasteiger partial charge in [0, 0.05) is 30.4 Å². The fourth-order valence-corrected chi connectivity index (χ4v) is 4.59. The Morgan fingerprint density at radius 1 is 1.24 bits per heavy atom. The summed E-state index contributed by atoms with van der Waals surface area (Å²) < 4.78 is 4.77. The molecule has 2 amide bonds. The molecule has 3 rings (SSSR count). The lowest BCUT2D eigenvalue weighted by atomic mass is 9.94. The highest BCUT2D eigenvalue weighted by Crippen LogP contribution is 2.30. The van der Waals surface area contributed by atoms with Gasteiger partial charge in [0.25, 0.3) is 0 Å². The molecule has 1 saturated heterocycles. The molecule has 134 valence electrons. The third-order valence-corrected chi connectivity index (χ3v) is 6.05. The van der Waals surface area contributed by atoms with E-state index < -0.39 is 0 Å². The Morgan fingerprint density at radius 3 is 2.60 bits per heavy atom. The number of piperidine rings is 1. The monoisotopic (exact) mass is 362 g/mol. The molecule has 0 aromatic carbocycles. The molecule has 3 heterocycles. The average molecular weight is 362 g/mol. The number of rotatable bonds is 3. The molecule has 1 aromatic heterocycles. The van der Waals surface area contributed by atoms with Gasteiger partial charge in [-0.15, -0.1) is 11.3 Å². The summed E-state index contributed by atoms with van der Waals surface area (Å²) in [6.45, 7) is 5.95. The van der Waals surface area contributed by atoms with Crippen LogP contribution in [0.4, 0.5) is 0 Å². The van der Waals surface area contributed by atoms with Gasteiger partial charge in [0.05, 0.1) is 13.7 Å². The van der Waals surface area contributed by atoms with E-state index in [0.29, 0.717) is 43.9 Å². The number of fused-ring (bicyclic) bond motifs is 1. The van der Waals surface area contributed by atoms with Crippen LogP contribution < -0.4 is 0 Å². The Balaban J connectivity index is 1.61. The molecular weight excluding hydrogens is 340 g/mol. The number of esters is 1. The normalized spacial score (nSPS) is 17.8. The molecule has 0 radical (unpaired) electrons. The number of thiophene rings is 1. The summed E-state index contributed by atoms with van der Waals surface area (Å²) in [7, 11) is 1.38. The predicted octanol–water partition coefficient (Wildman–Crippen LogP) is 1.84. The lowest BCUT2D eigenvalue weighted by Gasteiger charge is -2.35. The zero-order chi connectivity index (χ0) is 18.0. The molecule has 1 aromatic rings. The molecule has 0 unspecified atom stereocenters. The molecule has 0 saturated carbocycles. The van der Waals surface area contributed by atoms with Gasteiger partial charge in [-0.2, -0.15) is 0 Å². The molecule has 0 N–H and O–H groups in total. The second-order valence-electron chi connectivity index (χ2n) is 6.36. The summed E-state index contributed by atoms with van der Waals surface area (Å²) in [5.41, 5.74) is 1.14. The topological polar surface area (TPSA) is 66.9 Å². The van der Waals surface area contributed by atoms with E-state index in [1.807, 2.05) is 11.0 Å². The summed E-state index contributed by atoms with van der Waals surface area (Å²) in [4.78, 5) is 41.4. The van der Waals surface area contributed by atoms with Crippen molar-refractivity contribution in [3.63, 3.8) is 0 Å².